The van der Waals surface area contributed by atoms with Gasteiger partial charge in [0.1, 0.15) is 0 Å². The normalized spacial score (nSPS) is 12.6. The molecule has 0 aromatic rings. The van der Waals surface area contributed by atoms with Crippen LogP contribution < -0.4 is 5.84 Å². The van der Waals surface area contributed by atoms with Crippen molar-refractivity contribution in [3.05, 3.63) is 0 Å². The molecule has 0 radical (unpaired) electrons. The first kappa shape index (κ1) is 14.9. The van der Waals surface area contributed by atoms with Crippen molar-refractivity contribution in [2.45, 2.75) is 40.0 Å². The Bertz CT molecular complexity index is 241. The van der Waals surface area contributed by atoms with Crippen molar-refractivity contribution in [3.63, 3.8) is 0 Å². The molecule has 5 nitrogen and oxygen atoms in total. The third-order valence-electron chi connectivity index (χ3n) is 2.48. The van der Waals surface area contributed by atoms with Gasteiger partial charge in [-0.05, 0) is 12.3 Å². The molecule has 3 N–H and O–H groups in total. The van der Waals surface area contributed by atoms with Gasteiger partial charge in [0.25, 0.3) is 0 Å². The summed E-state index contributed by atoms with van der Waals surface area (Å²) in [6, 6.07) is 0. The topological polar surface area (TPSA) is 83.6 Å². The molecule has 1 amide bonds. The van der Waals surface area contributed by atoms with Gasteiger partial charge in [-0.1, -0.05) is 27.2 Å². The van der Waals surface area contributed by atoms with Crippen LogP contribution in [0.4, 0.5) is 0 Å². The molecule has 5 heteroatoms. The summed E-state index contributed by atoms with van der Waals surface area (Å²) in [4.78, 5) is 22.2. The zero-order valence-electron chi connectivity index (χ0n) is 10.3. The second kappa shape index (κ2) is 7.22. The van der Waals surface area contributed by atoms with Gasteiger partial charge in [0.05, 0.1) is 12.5 Å². The number of nitrogens with zero attached hydrogens (tertiary/aromatic N) is 1. The highest BCUT2D eigenvalue weighted by molar-refractivity contribution is 5.76. The van der Waals surface area contributed by atoms with Gasteiger partial charge in [-0.25, -0.2) is 5.84 Å². The van der Waals surface area contributed by atoms with E-state index in [1.165, 1.54) is 0 Å². The van der Waals surface area contributed by atoms with Crippen LogP contribution in [0.1, 0.15) is 40.0 Å². The molecule has 0 bridgehead atoms. The van der Waals surface area contributed by atoms with Gasteiger partial charge in [0.2, 0.25) is 5.91 Å². The van der Waals surface area contributed by atoms with E-state index in [9.17, 15) is 9.59 Å². The summed E-state index contributed by atoms with van der Waals surface area (Å²) >= 11 is 0. The van der Waals surface area contributed by atoms with Gasteiger partial charge in [0.15, 0.2) is 0 Å². The van der Waals surface area contributed by atoms with Crippen LogP contribution >= 0.6 is 0 Å². The Hall–Kier alpha value is -1.10. The molecular formula is C11H22N2O3. The number of carbonyl (C=O) groups excluding carboxylic acids is 1. The number of carboxylic acid groups (broad SMARTS) is 1. The fourth-order valence-corrected chi connectivity index (χ4v) is 1.37. The summed E-state index contributed by atoms with van der Waals surface area (Å²) < 4.78 is 0. The fraction of sp³-hybridized carbons (Fsp3) is 0.818. The monoisotopic (exact) mass is 230 g/mol. The minimum absolute atomic E-state index is 0.0920. The van der Waals surface area contributed by atoms with E-state index in [1.807, 2.05) is 13.8 Å². The molecule has 0 heterocycles. The van der Waals surface area contributed by atoms with Crippen molar-refractivity contribution in [2.75, 3.05) is 6.54 Å². The average molecular weight is 230 g/mol. The zero-order valence-corrected chi connectivity index (χ0v) is 10.3. The average Bonchev–Trinajstić information content (AvgIpc) is 2.21. The minimum atomic E-state index is -0.889. The van der Waals surface area contributed by atoms with Gasteiger partial charge < -0.3 is 5.11 Å². The van der Waals surface area contributed by atoms with Crippen LogP contribution in [0.3, 0.4) is 0 Å². The van der Waals surface area contributed by atoms with Crippen molar-refractivity contribution >= 4 is 11.9 Å². The Morgan fingerprint density at radius 1 is 1.31 bits per heavy atom. The van der Waals surface area contributed by atoms with E-state index in [4.69, 9.17) is 10.9 Å². The Balaban J connectivity index is 4.22. The lowest BCUT2D eigenvalue weighted by atomic mass is 9.97. The van der Waals surface area contributed by atoms with Crippen LogP contribution in [0.5, 0.6) is 0 Å². The molecule has 0 aromatic heterocycles. The molecule has 0 saturated carbocycles. The Morgan fingerprint density at radius 2 is 1.88 bits per heavy atom. The summed E-state index contributed by atoms with van der Waals surface area (Å²) in [6.07, 6.45) is 1.68. The summed E-state index contributed by atoms with van der Waals surface area (Å²) in [7, 11) is 0. The predicted octanol–water partition coefficient (Wildman–Crippen LogP) is 1.24. The Morgan fingerprint density at radius 3 is 2.25 bits per heavy atom. The van der Waals surface area contributed by atoms with E-state index in [0.29, 0.717) is 18.8 Å². The van der Waals surface area contributed by atoms with Crippen molar-refractivity contribution in [2.24, 2.45) is 17.7 Å². The highest BCUT2D eigenvalue weighted by atomic mass is 16.4. The lowest BCUT2D eigenvalue weighted by molar-refractivity contribution is -0.144. The highest BCUT2D eigenvalue weighted by Gasteiger charge is 2.21. The predicted molar refractivity (Wildman–Crippen MR) is 61.4 cm³/mol. The number of amides is 1. The molecule has 0 saturated heterocycles. The molecule has 0 aliphatic heterocycles. The molecule has 1 unspecified atom stereocenters. The van der Waals surface area contributed by atoms with Crippen molar-refractivity contribution < 1.29 is 14.7 Å². The molecule has 0 aliphatic carbocycles. The minimum Gasteiger partial charge on any atom is -0.481 e. The lowest BCUT2D eigenvalue weighted by Crippen LogP contribution is -2.42. The standard InChI is InChI=1S/C11H22N2O3/c1-4-10(14)13(12)7-9(11(15)16)6-5-8(2)3/h8-9H,4-7,12H2,1-3H3,(H,15,16). The number of aliphatic carboxylic acids is 1. The molecular weight excluding hydrogens is 208 g/mol. The SMILES string of the molecule is CCC(=O)N(N)CC(CCC(C)C)C(=O)O. The van der Waals surface area contributed by atoms with Gasteiger partial charge in [-0.15, -0.1) is 0 Å². The van der Waals surface area contributed by atoms with E-state index in [-0.39, 0.29) is 12.5 Å². The van der Waals surface area contributed by atoms with Crippen LogP contribution in [-0.2, 0) is 9.59 Å². The first-order valence-corrected chi connectivity index (χ1v) is 5.66. The summed E-state index contributed by atoms with van der Waals surface area (Å²) in [5.74, 6) is 4.27. The molecule has 94 valence electrons. The quantitative estimate of drug-likeness (QED) is 0.391. The van der Waals surface area contributed by atoms with Crippen LogP contribution in [0.15, 0.2) is 0 Å². The smallest absolute Gasteiger partial charge is 0.308 e. The molecule has 0 spiro atoms. The highest BCUT2D eigenvalue weighted by Crippen LogP contribution is 2.13. The van der Waals surface area contributed by atoms with Gasteiger partial charge in [-0.2, -0.15) is 0 Å². The summed E-state index contributed by atoms with van der Waals surface area (Å²) in [5.41, 5.74) is 0. The molecule has 0 fully saturated rings. The van der Waals surface area contributed by atoms with E-state index in [2.05, 4.69) is 0 Å². The fourth-order valence-electron chi connectivity index (χ4n) is 1.37. The van der Waals surface area contributed by atoms with E-state index < -0.39 is 11.9 Å². The maximum absolute atomic E-state index is 11.2. The largest absolute Gasteiger partial charge is 0.481 e. The number of hydrogen-bond donors (Lipinski definition) is 2. The number of nitrogens with two attached hydrogens (primary N) is 1. The van der Waals surface area contributed by atoms with E-state index >= 15 is 0 Å². The Kier molecular flexibility index (Phi) is 6.72. The van der Waals surface area contributed by atoms with Crippen LogP contribution in [0, 0.1) is 11.8 Å². The number of carbonyl (C=O) groups is 2. The third-order valence-corrected chi connectivity index (χ3v) is 2.48. The molecule has 0 rings (SSSR count). The zero-order chi connectivity index (χ0) is 12.7. The molecule has 16 heavy (non-hydrogen) atoms. The number of hydrazine groups is 1. The summed E-state index contributed by atoms with van der Waals surface area (Å²) in [5, 5.41) is 10.0. The van der Waals surface area contributed by atoms with E-state index in [1.54, 1.807) is 6.92 Å². The number of rotatable bonds is 7. The maximum Gasteiger partial charge on any atom is 0.308 e. The second-order valence-corrected chi connectivity index (χ2v) is 4.41. The number of hydrogen-bond acceptors (Lipinski definition) is 3. The molecule has 1 atom stereocenters. The van der Waals surface area contributed by atoms with Crippen LogP contribution in [0.2, 0.25) is 0 Å². The lowest BCUT2D eigenvalue weighted by Gasteiger charge is -2.21. The third kappa shape index (κ3) is 5.70. The van der Waals surface area contributed by atoms with Crippen molar-refractivity contribution in [1.82, 2.24) is 5.01 Å². The summed E-state index contributed by atoms with van der Waals surface area (Å²) in [6.45, 7) is 5.87. The van der Waals surface area contributed by atoms with Crippen LogP contribution in [-0.4, -0.2) is 28.5 Å². The molecule has 0 aromatic carbocycles. The van der Waals surface area contributed by atoms with E-state index in [0.717, 1.165) is 11.4 Å². The van der Waals surface area contributed by atoms with Gasteiger partial charge in [-0.3, -0.25) is 14.6 Å². The second-order valence-electron chi connectivity index (χ2n) is 4.41. The van der Waals surface area contributed by atoms with Gasteiger partial charge >= 0.3 is 5.97 Å². The first-order valence-electron chi connectivity index (χ1n) is 5.66. The first-order chi connectivity index (χ1) is 7.38. The van der Waals surface area contributed by atoms with Crippen LogP contribution in [0.25, 0.3) is 0 Å². The number of carboxylic acids is 1. The van der Waals surface area contributed by atoms with Crippen molar-refractivity contribution in [3.8, 4) is 0 Å². The Labute approximate surface area is 96.6 Å². The maximum atomic E-state index is 11.2. The molecule has 0 aliphatic rings. The van der Waals surface area contributed by atoms with Crippen molar-refractivity contribution in [1.29, 1.82) is 0 Å². The van der Waals surface area contributed by atoms with Gasteiger partial charge in [0, 0.05) is 6.42 Å².